The fourth-order valence-electron chi connectivity index (χ4n) is 5.11. The number of amides is 2. The number of benzene rings is 3. The number of nitrogens with zero attached hydrogens (tertiary/aromatic N) is 3. The Morgan fingerprint density at radius 1 is 0.976 bits per heavy atom. The predicted octanol–water partition coefficient (Wildman–Crippen LogP) is 5.90. The summed E-state index contributed by atoms with van der Waals surface area (Å²) in [6.45, 7) is 10.4. The molecule has 4 rings (SSSR count). The molecule has 0 spiro atoms. The quantitative estimate of drug-likeness (QED) is 0.377. The molecule has 42 heavy (non-hydrogen) atoms. The average Bonchev–Trinajstić information content (AvgIpc) is 2.93. The van der Waals surface area contributed by atoms with Crippen LogP contribution >= 0.6 is 0 Å². The van der Waals surface area contributed by atoms with Crippen molar-refractivity contribution in [1.29, 1.82) is 0 Å². The third-order valence-corrected chi connectivity index (χ3v) is 7.14. The van der Waals surface area contributed by atoms with Crippen LogP contribution in [-0.2, 0) is 17.8 Å². The molecule has 2 amide bonds. The van der Waals surface area contributed by atoms with E-state index in [0.717, 1.165) is 16.7 Å². The van der Waals surface area contributed by atoms with Gasteiger partial charge in [0.2, 0.25) is 0 Å². The number of carboxylic acids is 1. The molecule has 0 bridgehead atoms. The lowest BCUT2D eigenvalue weighted by Crippen LogP contribution is -2.54. The standard InChI is InChI=1S/C33H38FN3O5/c1-22-19-36(14-15-37(22)32(41)42-33(2,3)4)21-23-8-6-9-25(16-23)28-17-24(12-13-29(28)34)20-35(5)30(38)26-10-7-11-27(18-26)31(39)40/h6-13,16-18,22H,14-15,19-21H2,1-5H3,(H,39,40)/t22-/m0/s1. The summed E-state index contributed by atoms with van der Waals surface area (Å²) in [5, 5.41) is 9.23. The molecule has 3 aromatic rings. The summed E-state index contributed by atoms with van der Waals surface area (Å²) in [6.07, 6.45) is -0.298. The van der Waals surface area contributed by atoms with Gasteiger partial charge in [0.15, 0.2) is 0 Å². The molecule has 1 aliphatic heterocycles. The monoisotopic (exact) mass is 575 g/mol. The Balaban J connectivity index is 1.43. The lowest BCUT2D eigenvalue weighted by molar-refractivity contribution is 0.000537. The van der Waals surface area contributed by atoms with Crippen LogP contribution in [0.25, 0.3) is 11.1 Å². The number of halogens is 1. The van der Waals surface area contributed by atoms with Crippen molar-refractivity contribution in [2.24, 2.45) is 0 Å². The van der Waals surface area contributed by atoms with Crippen molar-refractivity contribution in [3.8, 4) is 11.1 Å². The van der Waals surface area contributed by atoms with E-state index in [0.29, 0.717) is 31.7 Å². The zero-order valence-corrected chi connectivity index (χ0v) is 24.8. The van der Waals surface area contributed by atoms with Gasteiger partial charge in [-0.2, -0.15) is 0 Å². The number of ether oxygens (including phenoxy) is 1. The normalized spacial score (nSPS) is 15.8. The van der Waals surface area contributed by atoms with Gasteiger partial charge in [-0.25, -0.2) is 14.0 Å². The minimum atomic E-state index is -1.10. The van der Waals surface area contributed by atoms with E-state index in [4.69, 9.17) is 4.74 Å². The van der Waals surface area contributed by atoms with E-state index >= 15 is 4.39 Å². The molecule has 3 aromatic carbocycles. The Morgan fingerprint density at radius 3 is 2.38 bits per heavy atom. The smallest absolute Gasteiger partial charge is 0.410 e. The van der Waals surface area contributed by atoms with Crippen LogP contribution in [0.15, 0.2) is 66.7 Å². The summed E-state index contributed by atoms with van der Waals surface area (Å²) >= 11 is 0. The largest absolute Gasteiger partial charge is 0.478 e. The van der Waals surface area contributed by atoms with Crippen molar-refractivity contribution in [1.82, 2.24) is 14.7 Å². The lowest BCUT2D eigenvalue weighted by Gasteiger charge is -2.40. The van der Waals surface area contributed by atoms with E-state index in [-0.39, 0.29) is 41.5 Å². The number of aromatic carboxylic acids is 1. The van der Waals surface area contributed by atoms with Gasteiger partial charge in [0.05, 0.1) is 5.56 Å². The van der Waals surface area contributed by atoms with Gasteiger partial charge in [0.1, 0.15) is 11.4 Å². The molecule has 1 aliphatic rings. The maximum atomic E-state index is 15.0. The zero-order chi connectivity index (χ0) is 30.6. The Bertz CT molecular complexity index is 1470. The van der Waals surface area contributed by atoms with Crippen molar-refractivity contribution < 1.29 is 28.6 Å². The van der Waals surface area contributed by atoms with Gasteiger partial charge >= 0.3 is 12.1 Å². The fraction of sp³-hybridized carbons (Fsp3) is 0.364. The highest BCUT2D eigenvalue weighted by Crippen LogP contribution is 2.27. The Morgan fingerprint density at radius 2 is 1.69 bits per heavy atom. The van der Waals surface area contributed by atoms with Crippen molar-refractivity contribution >= 4 is 18.0 Å². The van der Waals surface area contributed by atoms with E-state index in [1.54, 1.807) is 30.1 Å². The molecule has 0 saturated carbocycles. The van der Waals surface area contributed by atoms with Crippen molar-refractivity contribution in [2.75, 3.05) is 26.7 Å². The van der Waals surface area contributed by atoms with Gasteiger partial charge < -0.3 is 19.6 Å². The van der Waals surface area contributed by atoms with Crippen LogP contribution in [0.4, 0.5) is 9.18 Å². The highest BCUT2D eigenvalue weighted by Gasteiger charge is 2.30. The third-order valence-electron chi connectivity index (χ3n) is 7.14. The van der Waals surface area contributed by atoms with Crippen molar-refractivity contribution in [3.05, 3.63) is 94.8 Å². The maximum absolute atomic E-state index is 15.0. The number of hydrogen-bond acceptors (Lipinski definition) is 5. The maximum Gasteiger partial charge on any atom is 0.410 e. The van der Waals surface area contributed by atoms with E-state index < -0.39 is 11.6 Å². The molecule has 8 nitrogen and oxygen atoms in total. The van der Waals surface area contributed by atoms with Gasteiger partial charge in [-0.05, 0) is 80.8 Å². The molecular formula is C33H38FN3O5. The van der Waals surface area contributed by atoms with Gasteiger partial charge in [0, 0.05) is 56.9 Å². The molecule has 0 aliphatic carbocycles. The van der Waals surface area contributed by atoms with Crippen LogP contribution in [0, 0.1) is 5.82 Å². The Hall–Kier alpha value is -4.24. The zero-order valence-electron chi connectivity index (χ0n) is 24.8. The van der Waals surface area contributed by atoms with Crippen LogP contribution in [0.3, 0.4) is 0 Å². The average molecular weight is 576 g/mol. The van der Waals surface area contributed by atoms with Crippen LogP contribution in [-0.4, -0.2) is 76.1 Å². The second-order valence-corrected chi connectivity index (χ2v) is 11.8. The molecule has 1 heterocycles. The topological polar surface area (TPSA) is 90.4 Å². The van der Waals surface area contributed by atoms with Gasteiger partial charge in [-0.3, -0.25) is 9.69 Å². The van der Waals surface area contributed by atoms with Gasteiger partial charge in [-0.15, -0.1) is 0 Å². The predicted molar refractivity (Wildman–Crippen MR) is 159 cm³/mol. The van der Waals surface area contributed by atoms with Crippen molar-refractivity contribution in [3.63, 3.8) is 0 Å². The SMILES string of the molecule is C[C@H]1CN(Cc2cccc(-c3cc(CN(C)C(=O)c4cccc(C(=O)O)c4)ccc3F)c2)CCN1C(=O)OC(C)(C)C. The summed E-state index contributed by atoms with van der Waals surface area (Å²) in [5.41, 5.74) is 2.71. The third kappa shape index (κ3) is 7.73. The van der Waals surface area contributed by atoms with Gasteiger partial charge in [-0.1, -0.05) is 30.3 Å². The van der Waals surface area contributed by atoms with Crippen LogP contribution in [0.5, 0.6) is 0 Å². The molecule has 1 fully saturated rings. The van der Waals surface area contributed by atoms with Crippen molar-refractivity contribution in [2.45, 2.75) is 52.4 Å². The summed E-state index contributed by atoms with van der Waals surface area (Å²) in [6, 6.07) is 18.4. The molecular weight excluding hydrogens is 537 g/mol. The number of rotatable bonds is 7. The Kier molecular flexibility index (Phi) is 9.31. The number of carbonyl (C=O) groups excluding carboxylic acids is 2. The molecule has 0 radical (unpaired) electrons. The van der Waals surface area contributed by atoms with Gasteiger partial charge in [0.25, 0.3) is 5.91 Å². The van der Waals surface area contributed by atoms with E-state index in [9.17, 15) is 19.5 Å². The minimum absolute atomic E-state index is 0.00258. The fourth-order valence-corrected chi connectivity index (χ4v) is 5.11. The van der Waals surface area contributed by atoms with E-state index in [1.165, 1.54) is 29.2 Å². The second-order valence-electron chi connectivity index (χ2n) is 11.8. The van der Waals surface area contributed by atoms with E-state index in [1.807, 2.05) is 52.0 Å². The summed E-state index contributed by atoms with van der Waals surface area (Å²) in [7, 11) is 1.63. The molecule has 0 unspecified atom stereocenters. The second kappa shape index (κ2) is 12.7. The molecule has 1 atom stereocenters. The number of carboxylic acid groups (broad SMARTS) is 1. The first-order valence-corrected chi connectivity index (χ1v) is 14.0. The van der Waals surface area contributed by atoms with Crippen LogP contribution in [0.1, 0.15) is 59.5 Å². The molecule has 9 heteroatoms. The van der Waals surface area contributed by atoms with Crippen LogP contribution < -0.4 is 0 Å². The summed E-state index contributed by atoms with van der Waals surface area (Å²) in [4.78, 5) is 42.3. The molecule has 1 N–H and O–H groups in total. The molecule has 1 saturated heterocycles. The highest BCUT2D eigenvalue weighted by atomic mass is 19.1. The summed E-state index contributed by atoms with van der Waals surface area (Å²) in [5.74, 6) is -1.79. The number of hydrogen-bond donors (Lipinski definition) is 1. The molecule has 222 valence electrons. The Labute approximate surface area is 246 Å². The first-order valence-electron chi connectivity index (χ1n) is 14.0. The first-order chi connectivity index (χ1) is 19.8. The summed E-state index contributed by atoms with van der Waals surface area (Å²) < 4.78 is 20.6. The number of carbonyl (C=O) groups is 3. The number of piperazine rings is 1. The minimum Gasteiger partial charge on any atom is -0.478 e. The highest BCUT2D eigenvalue weighted by molar-refractivity contribution is 5.97. The first kappa shape index (κ1) is 30.7. The molecule has 0 aromatic heterocycles. The lowest BCUT2D eigenvalue weighted by atomic mass is 9.99. The van der Waals surface area contributed by atoms with E-state index in [2.05, 4.69) is 4.90 Å². The van der Waals surface area contributed by atoms with Crippen LogP contribution in [0.2, 0.25) is 0 Å².